The molecule has 19 heavy (non-hydrogen) atoms. The van der Waals surface area contributed by atoms with Gasteiger partial charge in [0, 0.05) is 12.3 Å². The summed E-state index contributed by atoms with van der Waals surface area (Å²) in [6, 6.07) is 12.7. The summed E-state index contributed by atoms with van der Waals surface area (Å²) in [5.74, 6) is 0.698. The quantitative estimate of drug-likeness (QED) is 0.609. The number of hydrogen-bond acceptors (Lipinski definition) is 4. The van der Waals surface area contributed by atoms with Gasteiger partial charge in [0.25, 0.3) is 0 Å². The van der Waals surface area contributed by atoms with Crippen molar-refractivity contribution in [2.75, 3.05) is 0 Å². The zero-order chi connectivity index (χ0) is 13.5. The zero-order valence-electron chi connectivity index (χ0n) is 10.1. The van der Waals surface area contributed by atoms with Crippen molar-refractivity contribution in [1.29, 1.82) is 0 Å². The molecule has 0 saturated carbocycles. The first kappa shape index (κ1) is 12.8. The van der Waals surface area contributed by atoms with Crippen molar-refractivity contribution in [2.24, 2.45) is 0 Å². The predicted octanol–water partition coefficient (Wildman–Crippen LogP) is 2.91. The van der Waals surface area contributed by atoms with Crippen LogP contribution in [0.5, 0.6) is 5.75 Å². The Morgan fingerprint density at radius 1 is 1.21 bits per heavy atom. The van der Waals surface area contributed by atoms with Gasteiger partial charge in [0.2, 0.25) is 6.20 Å². The van der Waals surface area contributed by atoms with Gasteiger partial charge in [0.05, 0.1) is 10.6 Å². The molecule has 0 fully saturated rings. The maximum absolute atomic E-state index is 10.2. The number of benzene rings is 1. The number of ether oxygens (including phenoxy) is 1. The van der Waals surface area contributed by atoms with Crippen molar-refractivity contribution in [2.45, 2.75) is 6.61 Å². The summed E-state index contributed by atoms with van der Waals surface area (Å²) in [6.07, 6.45) is 4.05. The van der Waals surface area contributed by atoms with Gasteiger partial charge in [-0.2, -0.15) is 0 Å². The third kappa shape index (κ3) is 4.23. The number of nitrogens with zero attached hydrogens (tertiary/aromatic N) is 2. The van der Waals surface area contributed by atoms with E-state index in [1.807, 2.05) is 18.2 Å². The van der Waals surface area contributed by atoms with E-state index >= 15 is 0 Å². The molecule has 0 saturated heterocycles. The summed E-state index contributed by atoms with van der Waals surface area (Å²) >= 11 is 0. The SMILES string of the molecule is O=[N+]([O-])C=Cc1ccc(OCc2ccccn2)cc1. The van der Waals surface area contributed by atoms with Gasteiger partial charge in [-0.05, 0) is 29.8 Å². The minimum atomic E-state index is -0.495. The fraction of sp³-hybridized carbons (Fsp3) is 0.0714. The van der Waals surface area contributed by atoms with Crippen LogP contribution < -0.4 is 4.74 Å². The summed E-state index contributed by atoms with van der Waals surface area (Å²) in [5.41, 5.74) is 1.60. The van der Waals surface area contributed by atoms with E-state index in [1.165, 1.54) is 6.08 Å². The second-order valence-corrected chi connectivity index (χ2v) is 3.78. The average molecular weight is 256 g/mol. The van der Waals surface area contributed by atoms with E-state index in [4.69, 9.17) is 4.74 Å². The van der Waals surface area contributed by atoms with Gasteiger partial charge in [-0.15, -0.1) is 0 Å². The Hall–Kier alpha value is -2.69. The molecule has 1 aromatic carbocycles. The maximum atomic E-state index is 10.2. The molecule has 2 aromatic rings. The second kappa shape index (κ2) is 6.30. The largest absolute Gasteiger partial charge is 0.487 e. The molecule has 0 amide bonds. The fourth-order valence-electron chi connectivity index (χ4n) is 1.46. The third-order valence-electron chi connectivity index (χ3n) is 2.38. The minimum Gasteiger partial charge on any atom is -0.487 e. The minimum absolute atomic E-state index is 0.394. The lowest BCUT2D eigenvalue weighted by Gasteiger charge is -2.05. The van der Waals surface area contributed by atoms with Crippen LogP contribution in [0.1, 0.15) is 11.3 Å². The third-order valence-corrected chi connectivity index (χ3v) is 2.38. The topological polar surface area (TPSA) is 65.3 Å². The van der Waals surface area contributed by atoms with Gasteiger partial charge >= 0.3 is 0 Å². The molecule has 5 nitrogen and oxygen atoms in total. The van der Waals surface area contributed by atoms with Gasteiger partial charge in [-0.25, -0.2) is 0 Å². The number of nitro groups is 1. The molecular formula is C14H12N2O3. The van der Waals surface area contributed by atoms with Gasteiger partial charge in [0.15, 0.2) is 0 Å². The van der Waals surface area contributed by atoms with E-state index in [2.05, 4.69) is 4.98 Å². The summed E-state index contributed by atoms with van der Waals surface area (Å²) < 4.78 is 5.55. The van der Waals surface area contributed by atoms with Crippen LogP contribution in [0, 0.1) is 10.1 Å². The smallest absolute Gasteiger partial charge is 0.235 e. The molecule has 0 radical (unpaired) electrons. The number of hydrogen-bond donors (Lipinski definition) is 0. The highest BCUT2D eigenvalue weighted by molar-refractivity contribution is 5.49. The van der Waals surface area contributed by atoms with Gasteiger partial charge in [-0.1, -0.05) is 18.2 Å². The Bertz CT molecular complexity index is 565. The summed E-state index contributed by atoms with van der Waals surface area (Å²) in [5, 5.41) is 10.2. The predicted molar refractivity (Wildman–Crippen MR) is 71.0 cm³/mol. The van der Waals surface area contributed by atoms with Gasteiger partial charge < -0.3 is 4.74 Å². The Kier molecular flexibility index (Phi) is 4.23. The van der Waals surface area contributed by atoms with Crippen LogP contribution in [0.25, 0.3) is 6.08 Å². The Balaban J connectivity index is 1.94. The molecule has 0 aliphatic carbocycles. The number of rotatable bonds is 5. The molecule has 0 aliphatic rings. The lowest BCUT2D eigenvalue weighted by atomic mass is 10.2. The van der Waals surface area contributed by atoms with Crippen molar-refractivity contribution >= 4 is 6.08 Å². The molecule has 5 heteroatoms. The first-order chi connectivity index (χ1) is 9.24. The van der Waals surface area contributed by atoms with Gasteiger partial charge in [0.1, 0.15) is 12.4 Å². The summed E-state index contributed by atoms with van der Waals surface area (Å²) in [6.45, 7) is 0.394. The molecule has 0 atom stereocenters. The summed E-state index contributed by atoms with van der Waals surface area (Å²) in [4.78, 5) is 13.8. The standard InChI is InChI=1S/C14H12N2O3/c17-16(18)10-8-12-4-6-14(7-5-12)19-11-13-3-1-2-9-15-13/h1-10H,11H2. The molecule has 0 aliphatic heterocycles. The fourth-order valence-corrected chi connectivity index (χ4v) is 1.46. The van der Waals surface area contributed by atoms with Crippen LogP contribution in [0.2, 0.25) is 0 Å². The molecule has 1 heterocycles. The van der Waals surface area contributed by atoms with Crippen molar-refractivity contribution in [3.05, 3.63) is 76.2 Å². The molecule has 0 bridgehead atoms. The van der Waals surface area contributed by atoms with Crippen molar-refractivity contribution < 1.29 is 9.66 Å². The van der Waals surface area contributed by atoms with Crippen LogP contribution in [0.4, 0.5) is 0 Å². The average Bonchev–Trinajstić information content (AvgIpc) is 2.45. The first-order valence-electron chi connectivity index (χ1n) is 5.68. The van der Waals surface area contributed by atoms with Crippen molar-refractivity contribution in [1.82, 2.24) is 4.98 Å². The van der Waals surface area contributed by atoms with E-state index < -0.39 is 4.92 Å². The Morgan fingerprint density at radius 2 is 2.00 bits per heavy atom. The lowest BCUT2D eigenvalue weighted by molar-refractivity contribution is -0.400. The van der Waals surface area contributed by atoms with E-state index in [1.54, 1.807) is 30.5 Å². The summed E-state index contributed by atoms with van der Waals surface area (Å²) in [7, 11) is 0. The highest BCUT2D eigenvalue weighted by atomic mass is 16.6. The van der Waals surface area contributed by atoms with Crippen LogP contribution in [0.3, 0.4) is 0 Å². The second-order valence-electron chi connectivity index (χ2n) is 3.78. The normalized spacial score (nSPS) is 10.5. The van der Waals surface area contributed by atoms with Crippen molar-refractivity contribution in [3.63, 3.8) is 0 Å². The highest BCUT2D eigenvalue weighted by Gasteiger charge is 1.97. The Labute approximate surface area is 110 Å². The number of pyridine rings is 1. The van der Waals surface area contributed by atoms with E-state index in [9.17, 15) is 10.1 Å². The van der Waals surface area contributed by atoms with E-state index in [0.29, 0.717) is 12.4 Å². The van der Waals surface area contributed by atoms with E-state index in [-0.39, 0.29) is 0 Å². The van der Waals surface area contributed by atoms with Crippen LogP contribution in [-0.2, 0) is 6.61 Å². The molecular weight excluding hydrogens is 244 g/mol. The maximum Gasteiger partial charge on any atom is 0.235 e. The van der Waals surface area contributed by atoms with Gasteiger partial charge in [-0.3, -0.25) is 15.1 Å². The van der Waals surface area contributed by atoms with Crippen LogP contribution in [-0.4, -0.2) is 9.91 Å². The lowest BCUT2D eigenvalue weighted by Crippen LogP contribution is -1.97. The zero-order valence-corrected chi connectivity index (χ0v) is 10.1. The molecule has 96 valence electrons. The molecule has 0 N–H and O–H groups in total. The Morgan fingerprint density at radius 3 is 2.63 bits per heavy atom. The first-order valence-corrected chi connectivity index (χ1v) is 5.68. The molecule has 2 rings (SSSR count). The molecule has 1 aromatic heterocycles. The van der Waals surface area contributed by atoms with E-state index in [0.717, 1.165) is 17.5 Å². The van der Waals surface area contributed by atoms with Crippen LogP contribution in [0.15, 0.2) is 54.9 Å². The molecule has 0 unspecified atom stereocenters. The highest BCUT2D eigenvalue weighted by Crippen LogP contribution is 2.14. The van der Waals surface area contributed by atoms with Crippen LogP contribution >= 0.6 is 0 Å². The molecule has 0 spiro atoms. The van der Waals surface area contributed by atoms with Crippen molar-refractivity contribution in [3.8, 4) is 5.75 Å². The number of aromatic nitrogens is 1. The monoisotopic (exact) mass is 256 g/mol.